The van der Waals surface area contributed by atoms with Crippen LogP contribution in [-0.2, 0) is 9.59 Å². The maximum absolute atomic E-state index is 12.5. The van der Waals surface area contributed by atoms with Crippen molar-refractivity contribution >= 4 is 17.5 Å². The van der Waals surface area contributed by atoms with Crippen LogP contribution in [0.3, 0.4) is 0 Å². The number of hydrogen-bond acceptors (Lipinski definition) is 3. The van der Waals surface area contributed by atoms with E-state index in [1.807, 2.05) is 24.3 Å². The molecule has 1 fully saturated rings. The van der Waals surface area contributed by atoms with Crippen LogP contribution in [0.4, 0.5) is 5.69 Å². The molecule has 0 saturated carbocycles. The van der Waals surface area contributed by atoms with E-state index in [2.05, 4.69) is 22.5 Å². The minimum Gasteiger partial charge on any atom is -0.355 e. The molecule has 5 heteroatoms. The first kappa shape index (κ1) is 16.0. The summed E-state index contributed by atoms with van der Waals surface area (Å²) in [6, 6.07) is 7.56. The summed E-state index contributed by atoms with van der Waals surface area (Å²) < 4.78 is 0. The zero-order valence-corrected chi connectivity index (χ0v) is 13.7. The van der Waals surface area contributed by atoms with E-state index in [0.717, 1.165) is 17.8 Å². The number of nitrogens with one attached hydrogen (secondary N) is 2. The van der Waals surface area contributed by atoms with Crippen LogP contribution in [0, 0.1) is 5.92 Å². The van der Waals surface area contributed by atoms with Crippen molar-refractivity contribution in [1.82, 2.24) is 10.2 Å². The molecule has 1 aromatic carbocycles. The summed E-state index contributed by atoms with van der Waals surface area (Å²) in [7, 11) is 0. The fourth-order valence-corrected chi connectivity index (χ4v) is 3.51. The molecule has 2 N–H and O–H groups in total. The van der Waals surface area contributed by atoms with Crippen molar-refractivity contribution in [2.75, 3.05) is 31.5 Å². The molecule has 3 rings (SSSR count). The number of para-hydroxylation sites is 1. The van der Waals surface area contributed by atoms with Crippen molar-refractivity contribution < 1.29 is 9.59 Å². The first-order chi connectivity index (χ1) is 11.1. The van der Waals surface area contributed by atoms with E-state index >= 15 is 0 Å². The van der Waals surface area contributed by atoms with Crippen LogP contribution in [0.5, 0.6) is 0 Å². The molecule has 0 aromatic heterocycles. The highest BCUT2D eigenvalue weighted by atomic mass is 16.2. The minimum atomic E-state index is -0.376. The second kappa shape index (κ2) is 7.13. The third kappa shape index (κ3) is 3.91. The van der Waals surface area contributed by atoms with Gasteiger partial charge >= 0.3 is 0 Å². The lowest BCUT2D eigenvalue weighted by Gasteiger charge is -2.26. The van der Waals surface area contributed by atoms with E-state index in [1.165, 1.54) is 25.9 Å². The molecule has 124 valence electrons. The van der Waals surface area contributed by atoms with Crippen LogP contribution >= 0.6 is 0 Å². The highest BCUT2D eigenvalue weighted by Gasteiger charge is 2.30. The fourth-order valence-electron chi connectivity index (χ4n) is 3.51. The first-order valence-electron chi connectivity index (χ1n) is 8.52. The number of amides is 2. The predicted octanol–water partition coefficient (Wildman–Crippen LogP) is 1.96. The average Bonchev–Trinajstić information content (AvgIpc) is 3.04. The topological polar surface area (TPSA) is 61.4 Å². The van der Waals surface area contributed by atoms with E-state index in [0.29, 0.717) is 12.5 Å². The lowest BCUT2D eigenvalue weighted by atomic mass is 9.89. The zero-order valence-electron chi connectivity index (χ0n) is 13.7. The Morgan fingerprint density at radius 3 is 2.87 bits per heavy atom. The third-order valence-electron chi connectivity index (χ3n) is 4.71. The molecule has 0 radical (unpaired) electrons. The molecule has 2 atom stereocenters. The van der Waals surface area contributed by atoms with Gasteiger partial charge in [-0.05, 0) is 43.5 Å². The summed E-state index contributed by atoms with van der Waals surface area (Å²) in [6.45, 7) is 6.21. The van der Waals surface area contributed by atoms with Gasteiger partial charge in [-0.15, -0.1) is 0 Å². The highest BCUT2D eigenvalue weighted by molar-refractivity contribution is 6.01. The van der Waals surface area contributed by atoms with Crippen LogP contribution in [-0.4, -0.2) is 42.9 Å². The van der Waals surface area contributed by atoms with E-state index in [-0.39, 0.29) is 24.2 Å². The Labute approximate surface area is 137 Å². The molecule has 0 bridgehead atoms. The Morgan fingerprint density at radius 2 is 2.09 bits per heavy atom. The van der Waals surface area contributed by atoms with Gasteiger partial charge in [0.25, 0.3) is 0 Å². The van der Waals surface area contributed by atoms with Crippen molar-refractivity contribution in [1.29, 1.82) is 0 Å². The van der Waals surface area contributed by atoms with Crippen LogP contribution in [0.15, 0.2) is 24.3 Å². The lowest BCUT2D eigenvalue weighted by molar-refractivity contribution is -0.126. The fraction of sp³-hybridized carbons (Fsp3) is 0.556. The van der Waals surface area contributed by atoms with Gasteiger partial charge in [0.05, 0.1) is 5.92 Å². The summed E-state index contributed by atoms with van der Waals surface area (Å²) in [4.78, 5) is 26.8. The second-order valence-corrected chi connectivity index (χ2v) is 6.75. The molecule has 2 heterocycles. The van der Waals surface area contributed by atoms with Gasteiger partial charge in [0.15, 0.2) is 0 Å². The molecular formula is C18H25N3O2. The van der Waals surface area contributed by atoms with Gasteiger partial charge in [-0.25, -0.2) is 0 Å². The number of anilines is 1. The van der Waals surface area contributed by atoms with E-state index < -0.39 is 0 Å². The molecular weight excluding hydrogens is 290 g/mol. The standard InChI is InChI=1S/C18H25N3O2/c1-13(12-21-8-4-5-9-21)11-19-18(23)15-10-17(22)20-16-7-3-2-6-14(15)16/h2-3,6-7,13,15H,4-5,8-12H2,1H3,(H,19,23)(H,20,22). The Morgan fingerprint density at radius 1 is 1.35 bits per heavy atom. The van der Waals surface area contributed by atoms with Gasteiger partial charge in [-0.3, -0.25) is 9.59 Å². The number of likely N-dealkylation sites (tertiary alicyclic amines) is 1. The monoisotopic (exact) mass is 315 g/mol. The van der Waals surface area contributed by atoms with Gasteiger partial charge in [0.2, 0.25) is 11.8 Å². The normalized spacial score (nSPS) is 22.3. The SMILES string of the molecule is CC(CNC(=O)C1CC(=O)Nc2ccccc21)CN1CCCC1. The lowest BCUT2D eigenvalue weighted by Crippen LogP contribution is -2.39. The molecule has 23 heavy (non-hydrogen) atoms. The summed E-state index contributed by atoms with van der Waals surface area (Å²) in [6.07, 6.45) is 2.80. The number of benzene rings is 1. The summed E-state index contributed by atoms with van der Waals surface area (Å²) in [5.74, 6) is -0.0850. The van der Waals surface area contributed by atoms with Crippen molar-refractivity contribution in [3.63, 3.8) is 0 Å². The Balaban J connectivity index is 1.56. The largest absolute Gasteiger partial charge is 0.355 e. The van der Waals surface area contributed by atoms with Crippen LogP contribution < -0.4 is 10.6 Å². The minimum absolute atomic E-state index is 0.0411. The zero-order chi connectivity index (χ0) is 16.2. The number of nitrogens with zero attached hydrogens (tertiary/aromatic N) is 1. The molecule has 1 aromatic rings. The Hall–Kier alpha value is -1.88. The first-order valence-corrected chi connectivity index (χ1v) is 8.52. The van der Waals surface area contributed by atoms with Crippen LogP contribution in [0.2, 0.25) is 0 Å². The Bertz CT molecular complexity index is 581. The van der Waals surface area contributed by atoms with Gasteiger partial charge in [-0.1, -0.05) is 25.1 Å². The molecule has 5 nitrogen and oxygen atoms in total. The maximum Gasteiger partial charge on any atom is 0.228 e. The van der Waals surface area contributed by atoms with Gasteiger partial charge < -0.3 is 15.5 Å². The number of rotatable bonds is 5. The molecule has 2 unspecified atom stereocenters. The average molecular weight is 315 g/mol. The quantitative estimate of drug-likeness (QED) is 0.873. The molecule has 1 saturated heterocycles. The highest BCUT2D eigenvalue weighted by Crippen LogP contribution is 2.31. The van der Waals surface area contributed by atoms with Crippen molar-refractivity contribution in [2.24, 2.45) is 5.92 Å². The maximum atomic E-state index is 12.5. The van der Waals surface area contributed by atoms with Gasteiger partial charge in [0, 0.05) is 25.2 Å². The second-order valence-electron chi connectivity index (χ2n) is 6.75. The Kier molecular flexibility index (Phi) is 4.96. The summed E-state index contributed by atoms with van der Waals surface area (Å²) in [5.41, 5.74) is 1.67. The van der Waals surface area contributed by atoms with E-state index in [1.54, 1.807) is 0 Å². The van der Waals surface area contributed by atoms with Crippen molar-refractivity contribution in [3.8, 4) is 0 Å². The third-order valence-corrected chi connectivity index (χ3v) is 4.71. The van der Waals surface area contributed by atoms with Crippen LogP contribution in [0.25, 0.3) is 0 Å². The summed E-state index contributed by atoms with van der Waals surface area (Å²) in [5, 5.41) is 5.87. The van der Waals surface area contributed by atoms with Crippen molar-refractivity contribution in [3.05, 3.63) is 29.8 Å². The van der Waals surface area contributed by atoms with Crippen LogP contribution in [0.1, 0.15) is 37.7 Å². The smallest absolute Gasteiger partial charge is 0.228 e. The van der Waals surface area contributed by atoms with E-state index in [9.17, 15) is 9.59 Å². The number of carbonyl (C=O) groups is 2. The van der Waals surface area contributed by atoms with Gasteiger partial charge in [-0.2, -0.15) is 0 Å². The van der Waals surface area contributed by atoms with Gasteiger partial charge in [0.1, 0.15) is 0 Å². The predicted molar refractivity (Wildman–Crippen MR) is 90.3 cm³/mol. The van der Waals surface area contributed by atoms with Crippen molar-refractivity contribution in [2.45, 2.75) is 32.1 Å². The number of hydrogen-bond donors (Lipinski definition) is 2. The molecule has 2 aliphatic heterocycles. The molecule has 2 amide bonds. The number of carbonyl (C=O) groups excluding carboxylic acids is 2. The molecule has 2 aliphatic rings. The number of fused-ring (bicyclic) bond motifs is 1. The van der Waals surface area contributed by atoms with E-state index in [4.69, 9.17) is 0 Å². The summed E-state index contributed by atoms with van der Waals surface area (Å²) >= 11 is 0. The molecule has 0 spiro atoms. The molecule has 0 aliphatic carbocycles.